The van der Waals surface area contributed by atoms with Crippen molar-refractivity contribution in [2.45, 2.75) is 19.8 Å². The number of unbranched alkanes of at least 4 members (excludes halogenated alkanes) is 1. The number of anilines is 1. The van der Waals surface area contributed by atoms with Crippen LogP contribution in [0.2, 0.25) is 0 Å². The number of thiazole rings is 1. The highest BCUT2D eigenvalue weighted by Crippen LogP contribution is 2.28. The van der Waals surface area contributed by atoms with Crippen LogP contribution in [-0.4, -0.2) is 11.6 Å². The molecule has 0 amide bonds. The van der Waals surface area contributed by atoms with Gasteiger partial charge in [0.2, 0.25) is 0 Å². The number of ether oxygens (including phenoxy) is 1. The van der Waals surface area contributed by atoms with Gasteiger partial charge in [0.15, 0.2) is 0 Å². The second kappa shape index (κ2) is 11.1. The van der Waals surface area contributed by atoms with Crippen molar-refractivity contribution in [2.75, 3.05) is 11.9 Å². The van der Waals surface area contributed by atoms with Gasteiger partial charge in [0, 0.05) is 28.9 Å². The number of nitrogens with zero attached hydrogens (tertiary/aromatic N) is 2. The molecular weight excluding hydrogens is 426 g/mol. The second-order valence-corrected chi connectivity index (χ2v) is 8.38. The monoisotopic (exact) mass is 451 g/mol. The number of aromatic nitrogens is 1. The van der Waals surface area contributed by atoms with Gasteiger partial charge in [0.25, 0.3) is 0 Å². The Balaban J connectivity index is 1.46. The van der Waals surface area contributed by atoms with Gasteiger partial charge in [-0.3, -0.25) is 0 Å². The van der Waals surface area contributed by atoms with Gasteiger partial charge in [0.05, 0.1) is 12.3 Å². The van der Waals surface area contributed by atoms with Crippen molar-refractivity contribution in [1.82, 2.24) is 4.98 Å². The van der Waals surface area contributed by atoms with E-state index in [1.165, 1.54) is 16.9 Å². The van der Waals surface area contributed by atoms with Gasteiger partial charge in [-0.2, -0.15) is 5.26 Å². The first kappa shape index (κ1) is 22.3. The van der Waals surface area contributed by atoms with E-state index < -0.39 is 0 Å². The van der Waals surface area contributed by atoms with E-state index in [1.807, 2.05) is 47.8 Å². The maximum Gasteiger partial charge on any atom is 0.136 e. The van der Waals surface area contributed by atoms with E-state index in [-0.39, 0.29) is 0 Å². The van der Waals surface area contributed by atoms with E-state index in [9.17, 15) is 5.26 Å². The molecule has 4 aromatic rings. The van der Waals surface area contributed by atoms with E-state index in [1.54, 1.807) is 6.20 Å². The molecular formula is C28H25N3OS. The number of allylic oxidation sites excluding steroid dienone is 1. The predicted molar refractivity (Wildman–Crippen MR) is 137 cm³/mol. The number of rotatable bonds is 9. The third-order valence-corrected chi connectivity index (χ3v) is 6.00. The van der Waals surface area contributed by atoms with Crippen LogP contribution in [0.25, 0.3) is 28.0 Å². The zero-order valence-electron chi connectivity index (χ0n) is 18.5. The zero-order valence-corrected chi connectivity index (χ0v) is 19.3. The lowest BCUT2D eigenvalue weighted by Crippen LogP contribution is -1.97. The Hall–Kier alpha value is -3.88. The molecule has 164 valence electrons. The Morgan fingerprint density at radius 3 is 2.52 bits per heavy atom. The molecule has 4 rings (SSSR count). The molecule has 33 heavy (non-hydrogen) atoms. The largest absolute Gasteiger partial charge is 0.494 e. The first-order chi connectivity index (χ1) is 16.3. The summed E-state index contributed by atoms with van der Waals surface area (Å²) in [5, 5.41) is 15.6. The van der Waals surface area contributed by atoms with Crippen LogP contribution in [-0.2, 0) is 0 Å². The third kappa shape index (κ3) is 5.88. The van der Waals surface area contributed by atoms with Gasteiger partial charge >= 0.3 is 0 Å². The molecule has 0 aliphatic heterocycles. The van der Waals surface area contributed by atoms with Gasteiger partial charge in [-0.25, -0.2) is 4.98 Å². The fourth-order valence-corrected chi connectivity index (χ4v) is 4.10. The Morgan fingerprint density at radius 1 is 1.00 bits per heavy atom. The molecule has 1 heterocycles. The van der Waals surface area contributed by atoms with Crippen molar-refractivity contribution < 1.29 is 4.74 Å². The van der Waals surface area contributed by atoms with Crippen LogP contribution in [0.4, 0.5) is 5.69 Å². The Bertz CT molecular complexity index is 1250. The van der Waals surface area contributed by atoms with Crippen LogP contribution < -0.4 is 10.1 Å². The minimum atomic E-state index is 0.490. The summed E-state index contributed by atoms with van der Waals surface area (Å²) in [6.45, 7) is 2.84. The smallest absolute Gasteiger partial charge is 0.136 e. The Morgan fingerprint density at radius 2 is 1.76 bits per heavy atom. The second-order valence-electron chi connectivity index (χ2n) is 7.53. The summed E-state index contributed by atoms with van der Waals surface area (Å²) in [6.07, 6.45) is 3.82. The summed E-state index contributed by atoms with van der Waals surface area (Å²) in [5.41, 5.74) is 5.59. The van der Waals surface area contributed by atoms with Gasteiger partial charge in [-0.05, 0) is 29.7 Å². The number of hydrogen-bond donors (Lipinski definition) is 1. The molecule has 0 aliphatic rings. The molecule has 0 saturated carbocycles. The predicted octanol–water partition coefficient (Wildman–Crippen LogP) is 7.63. The zero-order chi connectivity index (χ0) is 22.9. The molecule has 0 unspecified atom stereocenters. The highest BCUT2D eigenvalue weighted by Gasteiger charge is 2.09. The van der Waals surface area contributed by atoms with E-state index in [4.69, 9.17) is 9.72 Å². The molecule has 0 bridgehead atoms. The third-order valence-electron chi connectivity index (χ3n) is 5.13. The highest BCUT2D eigenvalue weighted by molar-refractivity contribution is 7.11. The Kier molecular flexibility index (Phi) is 7.52. The molecule has 3 aromatic carbocycles. The molecule has 1 aromatic heterocycles. The SMILES string of the molecule is CCCCOc1cccc(N/C=C(/C#N)c2nc(-c3ccc(-c4ccccc4)cc3)cs2)c1. The van der Waals surface area contributed by atoms with E-state index in [0.29, 0.717) is 17.2 Å². The maximum atomic E-state index is 9.68. The highest BCUT2D eigenvalue weighted by atomic mass is 32.1. The summed E-state index contributed by atoms with van der Waals surface area (Å²) >= 11 is 1.46. The molecule has 0 spiro atoms. The standard InChI is InChI=1S/C28H25N3OS/c1-2-3-16-32-26-11-7-10-25(17-26)30-19-24(18-29)28-31-27(20-33-28)23-14-12-22(13-15-23)21-8-5-4-6-9-21/h4-15,17,19-20,30H,2-3,16H2,1H3/b24-19-. The fourth-order valence-electron chi connectivity index (χ4n) is 3.30. The van der Waals surface area contributed by atoms with Crippen molar-refractivity contribution in [2.24, 2.45) is 0 Å². The minimum Gasteiger partial charge on any atom is -0.494 e. The van der Waals surface area contributed by atoms with Gasteiger partial charge in [-0.1, -0.05) is 74.0 Å². The summed E-state index contributed by atoms with van der Waals surface area (Å²) in [7, 11) is 0. The number of benzene rings is 3. The normalized spacial score (nSPS) is 11.1. The minimum absolute atomic E-state index is 0.490. The van der Waals surface area contributed by atoms with E-state index in [2.05, 4.69) is 54.7 Å². The lowest BCUT2D eigenvalue weighted by molar-refractivity contribution is 0.309. The van der Waals surface area contributed by atoms with Crippen LogP contribution in [0.3, 0.4) is 0 Å². The Labute approximate surface area is 198 Å². The quantitative estimate of drug-likeness (QED) is 0.210. The van der Waals surface area contributed by atoms with Crippen molar-refractivity contribution in [3.63, 3.8) is 0 Å². The van der Waals surface area contributed by atoms with E-state index in [0.717, 1.165) is 41.1 Å². The van der Waals surface area contributed by atoms with Crippen molar-refractivity contribution >= 4 is 22.6 Å². The molecule has 0 saturated heterocycles. The van der Waals surface area contributed by atoms with Gasteiger partial charge in [-0.15, -0.1) is 11.3 Å². The first-order valence-corrected chi connectivity index (χ1v) is 11.9. The molecule has 1 N–H and O–H groups in total. The van der Waals surface area contributed by atoms with Crippen molar-refractivity contribution in [3.05, 3.63) is 95.5 Å². The first-order valence-electron chi connectivity index (χ1n) is 11.0. The van der Waals surface area contributed by atoms with Crippen LogP contribution in [0, 0.1) is 11.3 Å². The average molecular weight is 452 g/mol. The maximum absolute atomic E-state index is 9.68. The van der Waals surface area contributed by atoms with Crippen molar-refractivity contribution in [3.8, 4) is 34.2 Å². The van der Waals surface area contributed by atoms with Crippen LogP contribution in [0.1, 0.15) is 24.8 Å². The topological polar surface area (TPSA) is 57.9 Å². The number of hydrogen-bond acceptors (Lipinski definition) is 5. The summed E-state index contributed by atoms with van der Waals surface area (Å²) in [5.74, 6) is 0.816. The lowest BCUT2D eigenvalue weighted by Gasteiger charge is -2.07. The summed E-state index contributed by atoms with van der Waals surface area (Å²) < 4.78 is 5.76. The van der Waals surface area contributed by atoms with Crippen LogP contribution >= 0.6 is 11.3 Å². The molecule has 4 nitrogen and oxygen atoms in total. The average Bonchev–Trinajstić information content (AvgIpc) is 3.36. The van der Waals surface area contributed by atoms with Gasteiger partial charge in [0.1, 0.15) is 22.4 Å². The molecule has 5 heteroatoms. The van der Waals surface area contributed by atoms with Gasteiger partial charge < -0.3 is 10.1 Å². The van der Waals surface area contributed by atoms with Crippen molar-refractivity contribution in [1.29, 1.82) is 5.26 Å². The van der Waals surface area contributed by atoms with Crippen LogP contribution in [0.5, 0.6) is 5.75 Å². The summed E-state index contributed by atoms with van der Waals surface area (Å²) in [4.78, 5) is 4.70. The summed E-state index contributed by atoms with van der Waals surface area (Å²) in [6, 6.07) is 28.6. The van der Waals surface area contributed by atoms with E-state index >= 15 is 0 Å². The lowest BCUT2D eigenvalue weighted by atomic mass is 10.0. The number of nitriles is 1. The molecule has 0 fully saturated rings. The number of nitrogens with one attached hydrogen (secondary N) is 1. The molecule has 0 aliphatic carbocycles. The fraction of sp³-hybridized carbons (Fsp3) is 0.143. The van der Waals surface area contributed by atoms with Crippen LogP contribution in [0.15, 0.2) is 90.4 Å². The molecule has 0 atom stereocenters. The molecule has 0 radical (unpaired) electrons.